The number of rotatable bonds is 3. The van der Waals surface area contributed by atoms with Gasteiger partial charge in [-0.15, -0.1) is 11.3 Å². The fourth-order valence-electron chi connectivity index (χ4n) is 2.45. The fourth-order valence-corrected chi connectivity index (χ4v) is 4.38. The standard InChI is InChI=1S/C16H16Br2N2O2S/c1-10-8-11(20-4-6-22-7-5-20)2-3-13(10)19-16(21)14-9-12(17)15(18)23-14/h2-3,8-9H,4-7H2,1H3,(H,19,21). The van der Waals surface area contributed by atoms with Gasteiger partial charge in [0, 0.05) is 28.9 Å². The molecule has 0 aliphatic carbocycles. The first-order valence-electron chi connectivity index (χ1n) is 7.24. The molecule has 0 spiro atoms. The highest BCUT2D eigenvalue weighted by Crippen LogP contribution is 2.33. The third kappa shape index (κ3) is 3.96. The first-order valence-corrected chi connectivity index (χ1v) is 9.64. The fraction of sp³-hybridized carbons (Fsp3) is 0.312. The topological polar surface area (TPSA) is 41.6 Å². The lowest BCUT2D eigenvalue weighted by Crippen LogP contribution is -2.36. The third-order valence-electron chi connectivity index (χ3n) is 3.70. The summed E-state index contributed by atoms with van der Waals surface area (Å²) in [4.78, 5) is 15.3. The molecule has 0 radical (unpaired) electrons. The molecule has 1 saturated heterocycles. The number of amides is 1. The normalized spacial score (nSPS) is 14.8. The monoisotopic (exact) mass is 458 g/mol. The third-order valence-corrected chi connectivity index (χ3v) is 6.96. The number of carbonyl (C=O) groups is 1. The Labute approximate surface area is 156 Å². The summed E-state index contributed by atoms with van der Waals surface area (Å²) in [7, 11) is 0. The smallest absolute Gasteiger partial charge is 0.265 e. The van der Waals surface area contributed by atoms with Crippen molar-refractivity contribution in [3.8, 4) is 0 Å². The zero-order chi connectivity index (χ0) is 16.4. The lowest BCUT2D eigenvalue weighted by molar-refractivity contribution is 0.103. The van der Waals surface area contributed by atoms with Crippen LogP contribution in [0.4, 0.5) is 11.4 Å². The molecule has 0 unspecified atom stereocenters. The quantitative estimate of drug-likeness (QED) is 0.724. The van der Waals surface area contributed by atoms with Crippen molar-refractivity contribution in [3.05, 3.63) is 43.0 Å². The summed E-state index contributed by atoms with van der Waals surface area (Å²) in [5.74, 6) is -0.0939. The van der Waals surface area contributed by atoms with Gasteiger partial charge in [0.25, 0.3) is 5.91 Å². The minimum Gasteiger partial charge on any atom is -0.378 e. The van der Waals surface area contributed by atoms with Gasteiger partial charge in [0.1, 0.15) is 0 Å². The van der Waals surface area contributed by atoms with E-state index < -0.39 is 0 Å². The molecule has 2 aromatic rings. The molecule has 0 bridgehead atoms. The Morgan fingerprint density at radius 3 is 2.61 bits per heavy atom. The molecule has 2 heterocycles. The number of thiophene rings is 1. The zero-order valence-electron chi connectivity index (χ0n) is 12.6. The van der Waals surface area contributed by atoms with Crippen LogP contribution in [0.3, 0.4) is 0 Å². The van der Waals surface area contributed by atoms with Crippen molar-refractivity contribution >= 4 is 60.5 Å². The van der Waals surface area contributed by atoms with Gasteiger partial charge < -0.3 is 15.0 Å². The number of ether oxygens (including phenoxy) is 1. The molecule has 3 rings (SSSR count). The summed E-state index contributed by atoms with van der Waals surface area (Å²) in [5.41, 5.74) is 3.06. The van der Waals surface area contributed by atoms with Crippen molar-refractivity contribution in [1.29, 1.82) is 0 Å². The lowest BCUT2D eigenvalue weighted by Gasteiger charge is -2.29. The number of carbonyl (C=O) groups excluding carboxylic acids is 1. The van der Waals surface area contributed by atoms with Gasteiger partial charge in [0.15, 0.2) is 0 Å². The Hall–Kier alpha value is -0.890. The van der Waals surface area contributed by atoms with Crippen LogP contribution in [-0.4, -0.2) is 32.2 Å². The average Bonchev–Trinajstić information content (AvgIpc) is 2.89. The van der Waals surface area contributed by atoms with Gasteiger partial charge in [0.05, 0.1) is 21.9 Å². The summed E-state index contributed by atoms with van der Waals surface area (Å²) in [6.07, 6.45) is 0. The van der Waals surface area contributed by atoms with Crippen LogP contribution in [0.1, 0.15) is 15.2 Å². The number of halogens is 2. The molecule has 122 valence electrons. The highest BCUT2D eigenvalue weighted by Gasteiger charge is 2.15. The molecule has 1 aromatic heterocycles. The van der Waals surface area contributed by atoms with E-state index in [1.54, 1.807) is 0 Å². The summed E-state index contributed by atoms with van der Waals surface area (Å²) >= 11 is 8.23. The van der Waals surface area contributed by atoms with Gasteiger partial charge >= 0.3 is 0 Å². The molecular weight excluding hydrogens is 444 g/mol. The molecule has 0 saturated carbocycles. The van der Waals surface area contributed by atoms with Gasteiger partial charge in [-0.05, 0) is 68.6 Å². The largest absolute Gasteiger partial charge is 0.378 e. The van der Waals surface area contributed by atoms with Crippen molar-refractivity contribution < 1.29 is 9.53 Å². The van der Waals surface area contributed by atoms with Gasteiger partial charge in [-0.1, -0.05) is 0 Å². The molecule has 1 aromatic carbocycles. The van der Waals surface area contributed by atoms with Crippen LogP contribution < -0.4 is 10.2 Å². The molecule has 1 aliphatic rings. The van der Waals surface area contributed by atoms with Crippen molar-refractivity contribution in [1.82, 2.24) is 0 Å². The highest BCUT2D eigenvalue weighted by atomic mass is 79.9. The maximum Gasteiger partial charge on any atom is 0.265 e. The summed E-state index contributed by atoms with van der Waals surface area (Å²) in [6.45, 7) is 5.35. The van der Waals surface area contributed by atoms with Crippen LogP contribution in [0, 0.1) is 6.92 Å². The Morgan fingerprint density at radius 1 is 1.26 bits per heavy atom. The lowest BCUT2D eigenvalue weighted by atomic mass is 10.1. The van der Waals surface area contributed by atoms with E-state index in [4.69, 9.17) is 4.74 Å². The van der Waals surface area contributed by atoms with Gasteiger partial charge in [-0.25, -0.2) is 0 Å². The number of nitrogens with one attached hydrogen (secondary N) is 1. The Kier molecular flexibility index (Phi) is 5.41. The van der Waals surface area contributed by atoms with Crippen LogP contribution in [0.5, 0.6) is 0 Å². The van der Waals surface area contributed by atoms with E-state index in [9.17, 15) is 4.79 Å². The van der Waals surface area contributed by atoms with E-state index in [2.05, 4.69) is 48.1 Å². The molecule has 1 amide bonds. The van der Waals surface area contributed by atoms with E-state index >= 15 is 0 Å². The molecular formula is C16H16Br2N2O2S. The van der Waals surface area contributed by atoms with Crippen molar-refractivity contribution in [2.45, 2.75) is 6.92 Å². The number of anilines is 2. The number of benzene rings is 1. The van der Waals surface area contributed by atoms with Gasteiger partial charge in [0.2, 0.25) is 0 Å². The summed E-state index contributed by atoms with van der Waals surface area (Å²) in [5, 5.41) is 2.98. The Morgan fingerprint density at radius 2 is 2.00 bits per heavy atom. The van der Waals surface area contributed by atoms with E-state index in [1.165, 1.54) is 17.0 Å². The number of aryl methyl sites for hydroxylation is 1. The minimum absolute atomic E-state index is 0.0939. The predicted molar refractivity (Wildman–Crippen MR) is 102 cm³/mol. The van der Waals surface area contributed by atoms with Crippen molar-refractivity contribution in [3.63, 3.8) is 0 Å². The molecule has 4 nitrogen and oxygen atoms in total. The SMILES string of the molecule is Cc1cc(N2CCOCC2)ccc1NC(=O)c1cc(Br)c(Br)s1. The second kappa shape index (κ2) is 7.34. The van der Waals surface area contributed by atoms with Gasteiger partial charge in [-0.3, -0.25) is 4.79 Å². The number of nitrogens with zero attached hydrogens (tertiary/aromatic N) is 1. The predicted octanol–water partition coefficient (Wildman–Crippen LogP) is 4.67. The average molecular weight is 460 g/mol. The van der Waals surface area contributed by atoms with Crippen molar-refractivity contribution in [2.75, 3.05) is 36.5 Å². The number of hydrogen-bond acceptors (Lipinski definition) is 4. The Bertz CT molecular complexity index is 707. The molecule has 1 fully saturated rings. The van der Waals surface area contributed by atoms with Crippen LogP contribution >= 0.6 is 43.2 Å². The van der Waals surface area contributed by atoms with E-state index in [0.717, 1.165) is 45.8 Å². The van der Waals surface area contributed by atoms with Crippen molar-refractivity contribution in [2.24, 2.45) is 0 Å². The second-order valence-electron chi connectivity index (χ2n) is 5.29. The summed E-state index contributed by atoms with van der Waals surface area (Å²) in [6, 6.07) is 7.95. The number of hydrogen-bond donors (Lipinski definition) is 1. The molecule has 7 heteroatoms. The first kappa shape index (κ1) is 17.0. The molecule has 1 aliphatic heterocycles. The highest BCUT2D eigenvalue weighted by molar-refractivity contribution is 9.13. The van der Waals surface area contributed by atoms with Crippen LogP contribution in [0.2, 0.25) is 0 Å². The maximum atomic E-state index is 12.3. The molecule has 23 heavy (non-hydrogen) atoms. The maximum absolute atomic E-state index is 12.3. The van der Waals surface area contributed by atoms with E-state index in [-0.39, 0.29) is 5.91 Å². The summed E-state index contributed by atoms with van der Waals surface area (Å²) < 4.78 is 7.20. The van der Waals surface area contributed by atoms with E-state index in [1.807, 2.05) is 25.1 Å². The van der Waals surface area contributed by atoms with Crippen LogP contribution in [-0.2, 0) is 4.74 Å². The second-order valence-corrected chi connectivity index (χ2v) is 8.51. The minimum atomic E-state index is -0.0939. The van der Waals surface area contributed by atoms with Crippen LogP contribution in [0.25, 0.3) is 0 Å². The zero-order valence-corrected chi connectivity index (χ0v) is 16.6. The first-order chi connectivity index (χ1) is 11.0. The molecule has 0 atom stereocenters. The van der Waals surface area contributed by atoms with E-state index in [0.29, 0.717) is 4.88 Å². The number of morpholine rings is 1. The molecule has 1 N–H and O–H groups in total. The van der Waals surface area contributed by atoms with Gasteiger partial charge in [-0.2, -0.15) is 0 Å². The van der Waals surface area contributed by atoms with Crippen LogP contribution in [0.15, 0.2) is 32.5 Å². The Balaban J connectivity index is 1.74.